The summed E-state index contributed by atoms with van der Waals surface area (Å²) < 4.78 is 38.3. The zero-order chi connectivity index (χ0) is 18.6. The Kier molecular flexibility index (Phi) is 4.10. The fourth-order valence-corrected chi connectivity index (χ4v) is 6.07. The van der Waals surface area contributed by atoms with Crippen LogP contribution in [0.15, 0.2) is 24.3 Å². The molecule has 0 aromatic heterocycles. The molecule has 4 fully saturated rings. The number of amides is 1. The van der Waals surface area contributed by atoms with E-state index in [-0.39, 0.29) is 17.9 Å². The van der Waals surface area contributed by atoms with Gasteiger partial charge in [0.2, 0.25) is 5.91 Å². The molecule has 2 N–H and O–H groups in total. The van der Waals surface area contributed by atoms with E-state index in [1.54, 1.807) is 6.07 Å². The van der Waals surface area contributed by atoms with Crippen molar-refractivity contribution in [2.24, 2.45) is 17.3 Å². The summed E-state index contributed by atoms with van der Waals surface area (Å²) in [6.07, 6.45) is 1.52. The van der Waals surface area contributed by atoms with Crippen LogP contribution in [0.25, 0.3) is 0 Å². The van der Waals surface area contributed by atoms with Crippen molar-refractivity contribution in [3.63, 3.8) is 0 Å². The van der Waals surface area contributed by atoms with Crippen molar-refractivity contribution in [1.82, 2.24) is 5.32 Å². The van der Waals surface area contributed by atoms with Crippen molar-refractivity contribution in [3.05, 3.63) is 35.4 Å². The normalized spacial score (nSPS) is 35.5. The molecule has 26 heavy (non-hydrogen) atoms. The van der Waals surface area contributed by atoms with Crippen LogP contribution >= 0.6 is 0 Å². The predicted octanol–water partition coefficient (Wildman–Crippen LogP) is 4.04. The van der Waals surface area contributed by atoms with E-state index in [9.17, 15) is 23.1 Å². The molecule has 3 nitrogen and oxygen atoms in total. The molecular weight excluding hydrogens is 343 g/mol. The zero-order valence-electron chi connectivity index (χ0n) is 14.6. The first-order valence-electron chi connectivity index (χ1n) is 9.30. The first-order chi connectivity index (χ1) is 12.1. The van der Waals surface area contributed by atoms with Crippen LogP contribution in [0.4, 0.5) is 13.2 Å². The molecule has 0 unspecified atom stereocenters. The van der Waals surface area contributed by atoms with Gasteiger partial charge < -0.3 is 10.4 Å². The molecule has 6 heteroatoms. The standard InChI is InChI=1S/C20H24F3NO2/c21-20(22,23)16-3-1-2-13(5-16)11-24-17(25)10-18-6-14-4-15(7-18)9-19(26,8-14)12-18/h1-3,5,14-15,26H,4,6-12H2,(H,24,25)/t14-,15-,18?,19?/m1/s1. The number of nitrogens with one attached hydrogen (secondary N) is 1. The third-order valence-electron chi connectivity index (χ3n) is 6.43. The van der Waals surface area contributed by atoms with Crippen LogP contribution in [0.3, 0.4) is 0 Å². The van der Waals surface area contributed by atoms with Gasteiger partial charge in [0.25, 0.3) is 0 Å². The summed E-state index contributed by atoms with van der Waals surface area (Å²) in [6, 6.07) is 5.05. The molecule has 0 radical (unpaired) electrons. The number of hydrogen-bond donors (Lipinski definition) is 2. The lowest BCUT2D eigenvalue weighted by Gasteiger charge is -2.60. The Bertz CT molecular complexity index is 701. The Labute approximate surface area is 151 Å². The molecule has 0 aliphatic heterocycles. The second-order valence-corrected chi connectivity index (χ2v) is 8.84. The Morgan fingerprint density at radius 1 is 1.19 bits per heavy atom. The molecule has 0 saturated heterocycles. The molecule has 4 aliphatic carbocycles. The SMILES string of the molecule is O=C(CC12C[C@H]3C[C@@H](CC(O)(C3)C1)C2)NCc1cccc(C(F)(F)F)c1. The summed E-state index contributed by atoms with van der Waals surface area (Å²) in [5, 5.41) is 13.5. The number of alkyl halides is 3. The number of carbonyl (C=O) groups is 1. The summed E-state index contributed by atoms with van der Waals surface area (Å²) in [7, 11) is 0. The molecule has 1 aromatic carbocycles. The van der Waals surface area contributed by atoms with E-state index >= 15 is 0 Å². The number of aliphatic hydroxyl groups is 1. The largest absolute Gasteiger partial charge is 0.416 e. The minimum absolute atomic E-state index is 0.0932. The second-order valence-electron chi connectivity index (χ2n) is 8.84. The Hall–Kier alpha value is -1.56. The minimum atomic E-state index is -4.38. The maximum atomic E-state index is 12.8. The Balaban J connectivity index is 1.38. The van der Waals surface area contributed by atoms with Gasteiger partial charge in [-0.3, -0.25) is 4.79 Å². The highest BCUT2D eigenvalue weighted by Crippen LogP contribution is 2.62. The highest BCUT2D eigenvalue weighted by Gasteiger charge is 2.57. The fourth-order valence-electron chi connectivity index (χ4n) is 6.07. The number of carbonyl (C=O) groups excluding carboxylic acids is 1. The number of rotatable bonds is 4. The van der Waals surface area contributed by atoms with Crippen LogP contribution in [0.5, 0.6) is 0 Å². The van der Waals surface area contributed by atoms with E-state index in [0.29, 0.717) is 30.2 Å². The van der Waals surface area contributed by atoms with Crippen molar-refractivity contribution >= 4 is 5.91 Å². The average Bonchev–Trinajstić information content (AvgIpc) is 2.49. The third kappa shape index (κ3) is 3.48. The monoisotopic (exact) mass is 367 g/mol. The van der Waals surface area contributed by atoms with E-state index < -0.39 is 17.3 Å². The summed E-state index contributed by atoms with van der Waals surface area (Å²) >= 11 is 0. The highest BCUT2D eigenvalue weighted by atomic mass is 19.4. The summed E-state index contributed by atoms with van der Waals surface area (Å²) in [5.41, 5.74) is -0.993. The van der Waals surface area contributed by atoms with Gasteiger partial charge in [-0.2, -0.15) is 13.2 Å². The molecular formula is C20H24F3NO2. The fraction of sp³-hybridized carbons (Fsp3) is 0.650. The van der Waals surface area contributed by atoms with Gasteiger partial charge in [0, 0.05) is 13.0 Å². The van der Waals surface area contributed by atoms with E-state index in [1.165, 1.54) is 6.07 Å². The molecule has 1 aromatic rings. The van der Waals surface area contributed by atoms with E-state index in [0.717, 1.165) is 44.2 Å². The number of hydrogen-bond acceptors (Lipinski definition) is 2. The zero-order valence-corrected chi connectivity index (χ0v) is 14.6. The van der Waals surface area contributed by atoms with Crippen molar-refractivity contribution in [1.29, 1.82) is 0 Å². The molecule has 0 spiro atoms. The van der Waals surface area contributed by atoms with Crippen LogP contribution in [-0.4, -0.2) is 16.6 Å². The van der Waals surface area contributed by atoms with Gasteiger partial charge in [0.15, 0.2) is 0 Å². The maximum Gasteiger partial charge on any atom is 0.416 e. The van der Waals surface area contributed by atoms with E-state index in [1.807, 2.05) is 0 Å². The first kappa shape index (κ1) is 17.8. The first-order valence-corrected chi connectivity index (χ1v) is 9.30. The molecule has 4 bridgehead atoms. The van der Waals surface area contributed by atoms with Crippen LogP contribution < -0.4 is 5.32 Å². The van der Waals surface area contributed by atoms with Crippen molar-refractivity contribution in [3.8, 4) is 0 Å². The second kappa shape index (κ2) is 5.98. The van der Waals surface area contributed by atoms with Gasteiger partial charge in [-0.25, -0.2) is 0 Å². The van der Waals surface area contributed by atoms with Gasteiger partial charge in [-0.05, 0) is 73.5 Å². The third-order valence-corrected chi connectivity index (χ3v) is 6.43. The minimum Gasteiger partial charge on any atom is -0.390 e. The summed E-state index contributed by atoms with van der Waals surface area (Å²) in [4.78, 5) is 12.5. The number of benzene rings is 1. The van der Waals surface area contributed by atoms with Crippen LogP contribution in [0, 0.1) is 17.3 Å². The van der Waals surface area contributed by atoms with Crippen LogP contribution in [-0.2, 0) is 17.5 Å². The van der Waals surface area contributed by atoms with Crippen molar-refractivity contribution in [2.75, 3.05) is 0 Å². The van der Waals surface area contributed by atoms with Crippen molar-refractivity contribution in [2.45, 2.75) is 63.3 Å². The Morgan fingerprint density at radius 3 is 2.50 bits per heavy atom. The molecule has 142 valence electrons. The van der Waals surface area contributed by atoms with Gasteiger partial charge in [-0.15, -0.1) is 0 Å². The molecule has 4 aliphatic rings. The van der Waals surface area contributed by atoms with Crippen molar-refractivity contribution < 1.29 is 23.1 Å². The van der Waals surface area contributed by atoms with Gasteiger partial charge in [0.1, 0.15) is 0 Å². The molecule has 2 atom stereocenters. The average molecular weight is 367 g/mol. The van der Waals surface area contributed by atoms with E-state index in [2.05, 4.69) is 5.32 Å². The molecule has 1 amide bonds. The van der Waals surface area contributed by atoms with Gasteiger partial charge in [-0.1, -0.05) is 12.1 Å². The molecule has 4 saturated carbocycles. The maximum absolute atomic E-state index is 12.8. The van der Waals surface area contributed by atoms with E-state index in [4.69, 9.17) is 0 Å². The molecule has 5 rings (SSSR count). The van der Waals surface area contributed by atoms with Crippen LogP contribution in [0.1, 0.15) is 56.1 Å². The summed E-state index contributed by atoms with van der Waals surface area (Å²) in [6.45, 7) is 0.0932. The smallest absolute Gasteiger partial charge is 0.390 e. The lowest BCUT2D eigenvalue weighted by Crippen LogP contribution is -2.56. The predicted molar refractivity (Wildman–Crippen MR) is 90.0 cm³/mol. The lowest BCUT2D eigenvalue weighted by molar-refractivity contribution is -0.169. The van der Waals surface area contributed by atoms with Crippen LogP contribution in [0.2, 0.25) is 0 Å². The summed E-state index contributed by atoms with van der Waals surface area (Å²) in [5.74, 6) is 0.892. The lowest BCUT2D eigenvalue weighted by atomic mass is 9.47. The quantitative estimate of drug-likeness (QED) is 0.844. The van der Waals surface area contributed by atoms with Gasteiger partial charge >= 0.3 is 6.18 Å². The Morgan fingerprint density at radius 2 is 1.88 bits per heavy atom. The topological polar surface area (TPSA) is 49.3 Å². The molecule has 0 heterocycles. The number of halogens is 3. The highest BCUT2D eigenvalue weighted by molar-refractivity contribution is 5.76. The van der Waals surface area contributed by atoms with Gasteiger partial charge in [0.05, 0.1) is 11.2 Å².